The second-order valence-corrected chi connectivity index (χ2v) is 7.82. The summed E-state index contributed by atoms with van der Waals surface area (Å²) in [7, 11) is 0. The van der Waals surface area contributed by atoms with Crippen molar-refractivity contribution in [2.24, 2.45) is 5.41 Å². The minimum absolute atomic E-state index is 0.110. The van der Waals surface area contributed by atoms with E-state index in [1.165, 1.54) is 44.9 Å². The van der Waals surface area contributed by atoms with E-state index in [-0.39, 0.29) is 11.2 Å². The Morgan fingerprint density at radius 1 is 0.760 bits per heavy atom. The summed E-state index contributed by atoms with van der Waals surface area (Å²) >= 11 is 0. The Labute approximate surface area is 156 Å². The van der Waals surface area contributed by atoms with Gasteiger partial charge in [0.2, 0.25) is 0 Å². The molecule has 0 aliphatic heterocycles. The number of ketones is 1. The van der Waals surface area contributed by atoms with Gasteiger partial charge in [0.15, 0.2) is 5.78 Å². The fraction of sp³-hybridized carbons (Fsp3) is 0.739. The van der Waals surface area contributed by atoms with Crippen molar-refractivity contribution in [3.63, 3.8) is 0 Å². The zero-order valence-electron chi connectivity index (χ0n) is 16.9. The highest BCUT2D eigenvalue weighted by atomic mass is 16.1. The molecule has 0 aliphatic rings. The van der Waals surface area contributed by atoms with E-state index >= 15 is 0 Å². The molecule has 0 spiro atoms. The fourth-order valence-electron chi connectivity index (χ4n) is 2.75. The van der Waals surface area contributed by atoms with Crippen LogP contribution in [0.3, 0.4) is 0 Å². The first kappa shape index (κ1) is 23.8. The molecule has 0 aromatic rings. The van der Waals surface area contributed by atoms with Gasteiger partial charge in [0.25, 0.3) is 0 Å². The Bertz CT molecular complexity index is 391. The average Bonchev–Trinajstić information content (AvgIpc) is 2.59. The van der Waals surface area contributed by atoms with Crippen molar-refractivity contribution in [3.05, 3.63) is 24.3 Å². The van der Waals surface area contributed by atoms with Crippen molar-refractivity contribution in [2.45, 2.75) is 104 Å². The smallest absolute Gasteiger partial charge is 0.177 e. The zero-order valence-corrected chi connectivity index (χ0v) is 16.9. The lowest BCUT2D eigenvalue weighted by atomic mass is 9.88. The minimum Gasteiger partial charge on any atom is -0.303 e. The minimum atomic E-state index is -0.172. The van der Waals surface area contributed by atoms with Crippen LogP contribution in [0.4, 0.5) is 0 Å². The number of aldehydes is 1. The average molecular weight is 349 g/mol. The monoisotopic (exact) mass is 348 g/mol. The Balaban J connectivity index is 3.51. The summed E-state index contributed by atoms with van der Waals surface area (Å²) in [5, 5.41) is 0. The molecule has 0 heterocycles. The molecule has 0 atom stereocenters. The second-order valence-electron chi connectivity index (χ2n) is 7.82. The summed E-state index contributed by atoms with van der Waals surface area (Å²) in [6.07, 6.45) is 23.8. The molecule has 0 N–H and O–H groups in total. The maximum atomic E-state index is 11.7. The highest BCUT2D eigenvalue weighted by molar-refractivity contribution is 5.99. The molecule has 2 heteroatoms. The van der Waals surface area contributed by atoms with Crippen molar-refractivity contribution in [1.29, 1.82) is 0 Å². The molecule has 0 unspecified atom stereocenters. The van der Waals surface area contributed by atoms with Crippen LogP contribution < -0.4 is 0 Å². The summed E-state index contributed by atoms with van der Waals surface area (Å²) in [5.74, 6) is 0.110. The van der Waals surface area contributed by atoms with Crippen LogP contribution in [0.2, 0.25) is 0 Å². The summed E-state index contributed by atoms with van der Waals surface area (Å²) in [5.41, 5.74) is -0.172. The Kier molecular flexibility index (Phi) is 15.5. The summed E-state index contributed by atoms with van der Waals surface area (Å²) in [4.78, 5) is 22.5. The number of carbonyl (C=O) groups is 2. The third-order valence-electron chi connectivity index (χ3n) is 4.55. The first-order chi connectivity index (χ1) is 12.0. The van der Waals surface area contributed by atoms with E-state index in [4.69, 9.17) is 0 Å². The van der Waals surface area contributed by atoms with Gasteiger partial charge in [-0.05, 0) is 44.3 Å². The Morgan fingerprint density at radius 3 is 1.76 bits per heavy atom. The lowest BCUT2D eigenvalue weighted by molar-refractivity contribution is -0.115. The van der Waals surface area contributed by atoms with Gasteiger partial charge in [0, 0.05) is 5.41 Å². The van der Waals surface area contributed by atoms with Crippen molar-refractivity contribution in [3.8, 4) is 0 Å². The fourth-order valence-corrected chi connectivity index (χ4v) is 2.75. The molecule has 0 bridgehead atoms. The predicted octanol–water partition coefficient (Wildman–Crippen LogP) is 6.98. The van der Waals surface area contributed by atoms with Gasteiger partial charge >= 0.3 is 0 Å². The van der Waals surface area contributed by atoms with Crippen molar-refractivity contribution in [2.75, 3.05) is 0 Å². The van der Waals surface area contributed by atoms with Crippen molar-refractivity contribution in [1.82, 2.24) is 0 Å². The molecule has 0 amide bonds. The van der Waals surface area contributed by atoms with Gasteiger partial charge in [-0.15, -0.1) is 0 Å². The first-order valence-electron chi connectivity index (χ1n) is 10.3. The molecule has 2 nitrogen and oxygen atoms in total. The van der Waals surface area contributed by atoms with Gasteiger partial charge in [-0.3, -0.25) is 4.79 Å². The maximum absolute atomic E-state index is 11.7. The summed E-state index contributed by atoms with van der Waals surface area (Å²) in [6, 6.07) is 0. The van der Waals surface area contributed by atoms with Crippen LogP contribution in [0.15, 0.2) is 24.3 Å². The molecule has 0 saturated heterocycles. The summed E-state index contributed by atoms with van der Waals surface area (Å²) in [6.45, 7) is 6.22. The van der Waals surface area contributed by atoms with Crippen LogP contribution in [0.1, 0.15) is 104 Å². The van der Waals surface area contributed by atoms with E-state index < -0.39 is 0 Å². The molecule has 0 saturated carbocycles. The van der Waals surface area contributed by atoms with E-state index in [0.717, 1.165) is 44.8 Å². The third kappa shape index (κ3) is 17.4. The maximum Gasteiger partial charge on any atom is 0.177 e. The van der Waals surface area contributed by atoms with Crippen molar-refractivity contribution >= 4 is 12.1 Å². The molecule has 0 aliphatic carbocycles. The van der Waals surface area contributed by atoms with E-state index in [0.29, 0.717) is 0 Å². The molecule has 0 rings (SSSR count). The van der Waals surface area contributed by atoms with Crippen LogP contribution in [-0.4, -0.2) is 12.1 Å². The van der Waals surface area contributed by atoms with Gasteiger partial charge in [0.05, 0.1) is 0 Å². The normalized spacial score (nSPS) is 12.3. The Hall–Kier alpha value is -1.18. The number of unbranched alkanes of at least 4 members (excludes halogenated alkanes) is 10. The highest BCUT2D eigenvalue weighted by Gasteiger charge is 2.14. The SMILES string of the molecule is CCCCCCCCC=CC(=O)C=CCCCCCCC(C)(C)C=O. The quantitative estimate of drug-likeness (QED) is 0.161. The molecular weight excluding hydrogens is 308 g/mol. The molecule has 0 fully saturated rings. The standard InChI is InChI=1S/C23H40O2/c1-4-5-6-7-8-9-12-15-18-22(25)19-16-13-10-11-14-17-20-23(2,3)21-24/h15-16,18-19,21H,4-14,17,20H2,1-3H3. The molecule has 0 aromatic carbocycles. The van der Waals surface area contributed by atoms with Gasteiger partial charge in [0.1, 0.15) is 6.29 Å². The highest BCUT2D eigenvalue weighted by Crippen LogP contribution is 2.21. The molecule has 25 heavy (non-hydrogen) atoms. The van der Waals surface area contributed by atoms with Gasteiger partial charge in [-0.25, -0.2) is 0 Å². The van der Waals surface area contributed by atoms with E-state index in [2.05, 4.69) is 6.92 Å². The second kappa shape index (κ2) is 16.3. The van der Waals surface area contributed by atoms with Gasteiger partial charge in [-0.1, -0.05) is 84.3 Å². The van der Waals surface area contributed by atoms with Gasteiger partial charge < -0.3 is 4.79 Å². The number of hydrogen-bond donors (Lipinski definition) is 0. The Morgan fingerprint density at radius 2 is 1.24 bits per heavy atom. The zero-order chi connectivity index (χ0) is 18.8. The van der Waals surface area contributed by atoms with Crippen LogP contribution in [0, 0.1) is 5.41 Å². The largest absolute Gasteiger partial charge is 0.303 e. The van der Waals surface area contributed by atoms with Crippen LogP contribution in [-0.2, 0) is 9.59 Å². The molecular formula is C23H40O2. The van der Waals surface area contributed by atoms with Crippen LogP contribution in [0.25, 0.3) is 0 Å². The summed E-state index contributed by atoms with van der Waals surface area (Å²) < 4.78 is 0. The topological polar surface area (TPSA) is 34.1 Å². The third-order valence-corrected chi connectivity index (χ3v) is 4.55. The van der Waals surface area contributed by atoms with E-state index in [9.17, 15) is 9.59 Å². The lowest BCUT2D eigenvalue weighted by Gasteiger charge is -2.15. The number of allylic oxidation sites excluding steroid dienone is 4. The van der Waals surface area contributed by atoms with E-state index in [1.54, 1.807) is 12.2 Å². The predicted molar refractivity (Wildman–Crippen MR) is 109 cm³/mol. The molecule has 0 radical (unpaired) electrons. The number of hydrogen-bond acceptors (Lipinski definition) is 2. The van der Waals surface area contributed by atoms with Crippen molar-refractivity contribution < 1.29 is 9.59 Å². The van der Waals surface area contributed by atoms with Crippen LogP contribution >= 0.6 is 0 Å². The van der Waals surface area contributed by atoms with Gasteiger partial charge in [-0.2, -0.15) is 0 Å². The number of carbonyl (C=O) groups excluding carboxylic acids is 2. The molecule has 0 aromatic heterocycles. The number of rotatable bonds is 17. The van der Waals surface area contributed by atoms with E-state index in [1.807, 2.05) is 26.0 Å². The van der Waals surface area contributed by atoms with Crippen LogP contribution in [0.5, 0.6) is 0 Å². The molecule has 144 valence electrons. The lowest BCUT2D eigenvalue weighted by Crippen LogP contribution is -2.12. The first-order valence-corrected chi connectivity index (χ1v) is 10.3.